The fourth-order valence-electron chi connectivity index (χ4n) is 2.48. The summed E-state index contributed by atoms with van der Waals surface area (Å²) in [5.41, 5.74) is 0.882. The van der Waals surface area contributed by atoms with E-state index in [-0.39, 0.29) is 30.0 Å². The van der Waals surface area contributed by atoms with E-state index in [0.29, 0.717) is 13.2 Å². The second-order valence-corrected chi connectivity index (χ2v) is 5.10. The van der Waals surface area contributed by atoms with Gasteiger partial charge in [0.1, 0.15) is 12.0 Å². The van der Waals surface area contributed by atoms with Crippen LogP contribution in [-0.2, 0) is 9.53 Å². The van der Waals surface area contributed by atoms with Crippen LogP contribution in [0, 0.1) is 5.82 Å². The van der Waals surface area contributed by atoms with Gasteiger partial charge in [-0.05, 0) is 38.5 Å². The van der Waals surface area contributed by atoms with Gasteiger partial charge >= 0.3 is 0 Å². The molecule has 1 heterocycles. The molecule has 0 aliphatic carbocycles. The zero-order chi connectivity index (χ0) is 14.7. The van der Waals surface area contributed by atoms with Crippen molar-refractivity contribution >= 4 is 5.91 Å². The standard InChI is InChI=1S/C15H21FN2O2/c1-4-20-9-10(2)18-14(17-11(3)15(18)19)12-5-7-13(16)8-6-12/h5-8,10-11,14,17H,4,9H2,1-3H3. The van der Waals surface area contributed by atoms with E-state index in [0.717, 1.165) is 5.56 Å². The number of hydrogen-bond donors (Lipinski definition) is 1. The van der Waals surface area contributed by atoms with Gasteiger partial charge in [0.15, 0.2) is 0 Å². The molecule has 0 radical (unpaired) electrons. The SMILES string of the molecule is CCOCC(C)N1C(=O)C(C)NC1c1ccc(F)cc1. The Morgan fingerprint density at radius 3 is 2.65 bits per heavy atom. The first-order valence-corrected chi connectivity index (χ1v) is 6.96. The average Bonchev–Trinajstić information content (AvgIpc) is 2.73. The molecule has 5 heteroatoms. The van der Waals surface area contributed by atoms with Crippen LogP contribution >= 0.6 is 0 Å². The first-order valence-electron chi connectivity index (χ1n) is 6.96. The van der Waals surface area contributed by atoms with E-state index in [1.54, 1.807) is 17.0 Å². The number of carbonyl (C=O) groups excluding carboxylic acids is 1. The summed E-state index contributed by atoms with van der Waals surface area (Å²) in [4.78, 5) is 14.1. The van der Waals surface area contributed by atoms with Gasteiger partial charge < -0.3 is 9.64 Å². The molecule has 1 aliphatic heterocycles. The monoisotopic (exact) mass is 280 g/mol. The van der Waals surface area contributed by atoms with E-state index in [2.05, 4.69) is 5.32 Å². The van der Waals surface area contributed by atoms with Crippen molar-refractivity contribution in [1.29, 1.82) is 0 Å². The predicted octanol–water partition coefficient (Wildman–Crippen LogP) is 2.07. The Kier molecular flexibility index (Phi) is 4.73. The molecule has 1 amide bonds. The highest BCUT2D eigenvalue weighted by Crippen LogP contribution is 2.27. The molecule has 1 aromatic carbocycles. The lowest BCUT2D eigenvalue weighted by molar-refractivity contribution is -0.133. The Labute approximate surface area is 118 Å². The molecule has 0 spiro atoms. The van der Waals surface area contributed by atoms with Crippen molar-refractivity contribution in [3.8, 4) is 0 Å². The number of amides is 1. The van der Waals surface area contributed by atoms with Crippen LogP contribution in [0.4, 0.5) is 4.39 Å². The second kappa shape index (κ2) is 6.33. The van der Waals surface area contributed by atoms with Crippen LogP contribution in [0.25, 0.3) is 0 Å². The van der Waals surface area contributed by atoms with Crippen molar-refractivity contribution in [1.82, 2.24) is 10.2 Å². The fraction of sp³-hybridized carbons (Fsp3) is 0.533. The molecule has 1 N–H and O–H groups in total. The maximum Gasteiger partial charge on any atom is 0.241 e. The third-order valence-corrected chi connectivity index (χ3v) is 3.53. The summed E-state index contributed by atoms with van der Waals surface area (Å²) in [5.74, 6) is -0.230. The maximum absolute atomic E-state index is 13.0. The number of rotatable bonds is 5. The summed E-state index contributed by atoms with van der Waals surface area (Å²) in [6.45, 7) is 6.85. The number of nitrogens with zero attached hydrogens (tertiary/aromatic N) is 1. The predicted molar refractivity (Wildman–Crippen MR) is 74.5 cm³/mol. The number of ether oxygens (including phenoxy) is 1. The molecule has 1 fully saturated rings. The van der Waals surface area contributed by atoms with Gasteiger partial charge in [0.05, 0.1) is 18.7 Å². The highest BCUT2D eigenvalue weighted by Gasteiger charge is 2.39. The van der Waals surface area contributed by atoms with Crippen molar-refractivity contribution < 1.29 is 13.9 Å². The molecule has 0 saturated carbocycles. The molecule has 4 nitrogen and oxygen atoms in total. The van der Waals surface area contributed by atoms with Crippen LogP contribution in [0.3, 0.4) is 0 Å². The van der Waals surface area contributed by atoms with E-state index < -0.39 is 0 Å². The van der Waals surface area contributed by atoms with E-state index >= 15 is 0 Å². The fourth-order valence-corrected chi connectivity index (χ4v) is 2.48. The lowest BCUT2D eigenvalue weighted by Gasteiger charge is -2.30. The van der Waals surface area contributed by atoms with Crippen molar-refractivity contribution in [3.05, 3.63) is 35.6 Å². The number of benzene rings is 1. The number of carbonyl (C=O) groups is 1. The molecule has 1 aliphatic rings. The number of halogens is 1. The first kappa shape index (κ1) is 14.9. The third kappa shape index (κ3) is 2.99. The Balaban J connectivity index is 2.21. The largest absolute Gasteiger partial charge is 0.380 e. The van der Waals surface area contributed by atoms with E-state index in [1.807, 2.05) is 20.8 Å². The Morgan fingerprint density at radius 1 is 1.40 bits per heavy atom. The quantitative estimate of drug-likeness (QED) is 0.897. The summed E-state index contributed by atoms with van der Waals surface area (Å²) in [6, 6.07) is 5.97. The van der Waals surface area contributed by atoms with Crippen LogP contribution in [0.2, 0.25) is 0 Å². The van der Waals surface area contributed by atoms with Crippen molar-refractivity contribution in [2.24, 2.45) is 0 Å². The normalized spacial score (nSPS) is 24.2. The third-order valence-electron chi connectivity index (χ3n) is 3.53. The Bertz CT molecular complexity index is 463. The van der Waals surface area contributed by atoms with Crippen molar-refractivity contribution in [2.75, 3.05) is 13.2 Å². The van der Waals surface area contributed by atoms with Crippen LogP contribution in [0.1, 0.15) is 32.5 Å². The molecule has 2 rings (SSSR count). The molecule has 1 aromatic rings. The molecule has 0 bridgehead atoms. The molecular weight excluding hydrogens is 259 g/mol. The topological polar surface area (TPSA) is 41.6 Å². The van der Waals surface area contributed by atoms with Gasteiger partial charge in [0.2, 0.25) is 5.91 Å². The van der Waals surface area contributed by atoms with Gasteiger partial charge in [-0.25, -0.2) is 4.39 Å². The van der Waals surface area contributed by atoms with Crippen molar-refractivity contribution in [3.63, 3.8) is 0 Å². The molecule has 3 unspecified atom stereocenters. The van der Waals surface area contributed by atoms with Crippen LogP contribution in [-0.4, -0.2) is 36.1 Å². The van der Waals surface area contributed by atoms with Gasteiger partial charge in [0, 0.05) is 6.61 Å². The average molecular weight is 280 g/mol. The van der Waals surface area contributed by atoms with Gasteiger partial charge in [0.25, 0.3) is 0 Å². The highest BCUT2D eigenvalue weighted by atomic mass is 19.1. The zero-order valence-electron chi connectivity index (χ0n) is 12.1. The lowest BCUT2D eigenvalue weighted by atomic mass is 10.1. The van der Waals surface area contributed by atoms with Gasteiger partial charge in [-0.2, -0.15) is 0 Å². The molecule has 1 saturated heterocycles. The second-order valence-electron chi connectivity index (χ2n) is 5.10. The lowest BCUT2D eigenvalue weighted by Crippen LogP contribution is -2.41. The summed E-state index contributed by atoms with van der Waals surface area (Å²) in [5, 5.41) is 3.25. The van der Waals surface area contributed by atoms with Crippen LogP contribution < -0.4 is 5.32 Å². The molecule has 3 atom stereocenters. The Morgan fingerprint density at radius 2 is 2.05 bits per heavy atom. The summed E-state index contributed by atoms with van der Waals surface area (Å²) in [7, 11) is 0. The number of nitrogens with one attached hydrogen (secondary N) is 1. The highest BCUT2D eigenvalue weighted by molar-refractivity contribution is 5.84. The molecule has 110 valence electrons. The van der Waals surface area contributed by atoms with E-state index in [1.165, 1.54) is 12.1 Å². The summed E-state index contributed by atoms with van der Waals surface area (Å²) in [6.07, 6.45) is -0.228. The van der Waals surface area contributed by atoms with Crippen molar-refractivity contribution in [2.45, 2.75) is 39.0 Å². The number of hydrogen-bond acceptors (Lipinski definition) is 3. The molecule has 0 aromatic heterocycles. The minimum atomic E-state index is -0.278. The van der Waals surface area contributed by atoms with Gasteiger partial charge in [-0.15, -0.1) is 0 Å². The van der Waals surface area contributed by atoms with Gasteiger partial charge in [-0.1, -0.05) is 12.1 Å². The van der Waals surface area contributed by atoms with E-state index in [9.17, 15) is 9.18 Å². The van der Waals surface area contributed by atoms with Gasteiger partial charge in [-0.3, -0.25) is 10.1 Å². The van der Waals surface area contributed by atoms with Crippen LogP contribution in [0.5, 0.6) is 0 Å². The minimum Gasteiger partial charge on any atom is -0.380 e. The van der Waals surface area contributed by atoms with E-state index in [4.69, 9.17) is 4.74 Å². The summed E-state index contributed by atoms with van der Waals surface area (Å²) >= 11 is 0. The molecule has 20 heavy (non-hydrogen) atoms. The Hall–Kier alpha value is -1.46. The summed E-state index contributed by atoms with van der Waals surface area (Å²) < 4.78 is 18.4. The minimum absolute atomic E-state index is 0.0325. The smallest absolute Gasteiger partial charge is 0.241 e. The molecular formula is C15H21FN2O2. The zero-order valence-corrected chi connectivity index (χ0v) is 12.1. The first-order chi connectivity index (χ1) is 9.54. The van der Waals surface area contributed by atoms with Crippen LogP contribution in [0.15, 0.2) is 24.3 Å². The maximum atomic E-state index is 13.0.